The number of thioether (sulfide) groups is 1. The summed E-state index contributed by atoms with van der Waals surface area (Å²) in [6, 6.07) is 8.74. The number of nitrogens with one attached hydrogen (secondary N) is 1. The fourth-order valence-electron chi connectivity index (χ4n) is 1.66. The topological polar surface area (TPSA) is 21.3 Å². The van der Waals surface area contributed by atoms with E-state index in [-0.39, 0.29) is 0 Å². The molecule has 0 aliphatic rings. The molecule has 0 heterocycles. The van der Waals surface area contributed by atoms with Gasteiger partial charge in [-0.2, -0.15) is 11.8 Å². The second-order valence-corrected chi connectivity index (χ2v) is 5.29. The first-order chi connectivity index (χ1) is 8.27. The molecule has 1 rings (SSSR count). The minimum absolute atomic E-state index is 0.383. The van der Waals surface area contributed by atoms with Crippen LogP contribution < -0.4 is 10.1 Å². The van der Waals surface area contributed by atoms with Crippen LogP contribution in [-0.2, 0) is 0 Å². The predicted molar refractivity (Wildman–Crippen MR) is 77.0 cm³/mol. The van der Waals surface area contributed by atoms with E-state index in [1.165, 1.54) is 5.56 Å². The molecular weight excluding hydrogens is 230 g/mol. The van der Waals surface area contributed by atoms with E-state index in [9.17, 15) is 0 Å². The van der Waals surface area contributed by atoms with Gasteiger partial charge in [-0.05, 0) is 36.9 Å². The van der Waals surface area contributed by atoms with Crippen molar-refractivity contribution in [2.75, 3.05) is 24.7 Å². The normalized spacial score (nSPS) is 12.4. The molecule has 0 bridgehead atoms. The molecule has 0 aliphatic carbocycles. The lowest BCUT2D eigenvalue weighted by Crippen LogP contribution is -2.17. The van der Waals surface area contributed by atoms with Gasteiger partial charge >= 0.3 is 0 Å². The van der Waals surface area contributed by atoms with Crippen LogP contribution >= 0.6 is 11.8 Å². The van der Waals surface area contributed by atoms with Crippen LogP contribution in [0.5, 0.6) is 5.75 Å². The van der Waals surface area contributed by atoms with Crippen molar-refractivity contribution in [2.24, 2.45) is 0 Å². The van der Waals surface area contributed by atoms with Crippen molar-refractivity contribution in [1.29, 1.82) is 0 Å². The molecule has 0 fully saturated rings. The summed E-state index contributed by atoms with van der Waals surface area (Å²) in [4.78, 5) is 0. The maximum Gasteiger partial charge on any atom is 0.119 e. The number of ether oxygens (including phenoxy) is 1. The molecule has 0 radical (unpaired) electrons. The number of rotatable bonds is 8. The zero-order valence-corrected chi connectivity index (χ0v) is 11.8. The average molecular weight is 253 g/mol. The Labute approximate surface area is 109 Å². The van der Waals surface area contributed by atoms with Gasteiger partial charge in [0.15, 0.2) is 0 Å². The zero-order chi connectivity index (χ0) is 12.5. The van der Waals surface area contributed by atoms with Gasteiger partial charge in [0.05, 0.1) is 6.61 Å². The fraction of sp³-hybridized carbons (Fsp3) is 0.571. The van der Waals surface area contributed by atoms with Gasteiger partial charge in [-0.15, -0.1) is 0 Å². The SMILES string of the molecule is CCNC(C)c1cccc(OCCSCC)c1. The Bertz CT molecular complexity index is 317. The van der Waals surface area contributed by atoms with Crippen molar-refractivity contribution in [3.8, 4) is 5.75 Å². The molecular formula is C14H23NOS. The van der Waals surface area contributed by atoms with E-state index in [1.54, 1.807) is 0 Å². The van der Waals surface area contributed by atoms with E-state index < -0.39 is 0 Å². The van der Waals surface area contributed by atoms with Gasteiger partial charge in [0.1, 0.15) is 5.75 Å². The third-order valence-corrected chi connectivity index (χ3v) is 3.43. The maximum absolute atomic E-state index is 5.73. The molecule has 3 heteroatoms. The molecule has 1 N–H and O–H groups in total. The summed E-state index contributed by atoms with van der Waals surface area (Å²) in [5.74, 6) is 3.19. The first kappa shape index (κ1) is 14.4. The third kappa shape index (κ3) is 5.46. The molecule has 2 nitrogen and oxygen atoms in total. The van der Waals surface area contributed by atoms with Gasteiger partial charge in [0.25, 0.3) is 0 Å². The van der Waals surface area contributed by atoms with E-state index in [0.29, 0.717) is 6.04 Å². The molecule has 0 amide bonds. The van der Waals surface area contributed by atoms with E-state index in [4.69, 9.17) is 4.74 Å². The molecule has 1 unspecified atom stereocenters. The molecule has 1 aromatic rings. The second kappa shape index (κ2) is 8.43. The Morgan fingerprint density at radius 2 is 2.18 bits per heavy atom. The van der Waals surface area contributed by atoms with Crippen LogP contribution in [-0.4, -0.2) is 24.7 Å². The van der Waals surface area contributed by atoms with Crippen molar-refractivity contribution in [1.82, 2.24) is 5.32 Å². The van der Waals surface area contributed by atoms with Crippen molar-refractivity contribution < 1.29 is 4.74 Å². The molecule has 0 saturated carbocycles. The summed E-state index contributed by atoms with van der Waals surface area (Å²) in [7, 11) is 0. The van der Waals surface area contributed by atoms with Crippen LogP contribution in [0, 0.1) is 0 Å². The first-order valence-corrected chi connectivity index (χ1v) is 7.47. The largest absolute Gasteiger partial charge is 0.493 e. The smallest absolute Gasteiger partial charge is 0.119 e. The monoisotopic (exact) mass is 253 g/mol. The van der Waals surface area contributed by atoms with Crippen molar-refractivity contribution in [3.63, 3.8) is 0 Å². The van der Waals surface area contributed by atoms with Crippen LogP contribution in [0.1, 0.15) is 32.4 Å². The lowest BCUT2D eigenvalue weighted by molar-refractivity contribution is 0.343. The molecule has 0 saturated heterocycles. The summed E-state index contributed by atoms with van der Waals surface area (Å²) < 4.78 is 5.73. The third-order valence-electron chi connectivity index (χ3n) is 2.57. The Morgan fingerprint density at radius 3 is 2.88 bits per heavy atom. The van der Waals surface area contributed by atoms with E-state index in [1.807, 2.05) is 17.8 Å². The molecule has 0 aliphatic heterocycles. The molecule has 17 heavy (non-hydrogen) atoms. The van der Waals surface area contributed by atoms with Gasteiger partial charge in [0.2, 0.25) is 0 Å². The summed E-state index contributed by atoms with van der Waals surface area (Å²) in [6.45, 7) is 8.24. The standard InChI is InChI=1S/C14H23NOS/c1-4-15-12(3)13-7-6-8-14(11-13)16-9-10-17-5-2/h6-8,11-12,15H,4-5,9-10H2,1-3H3. The Kier molecular flexibility index (Phi) is 7.13. The van der Waals surface area contributed by atoms with Crippen LogP contribution in [0.25, 0.3) is 0 Å². The number of benzene rings is 1. The lowest BCUT2D eigenvalue weighted by atomic mass is 10.1. The number of hydrogen-bond donors (Lipinski definition) is 1. The predicted octanol–water partition coefficient (Wildman–Crippen LogP) is 3.49. The molecule has 0 spiro atoms. The van der Waals surface area contributed by atoms with Gasteiger partial charge in [0, 0.05) is 11.8 Å². The highest BCUT2D eigenvalue weighted by molar-refractivity contribution is 7.99. The molecule has 1 aromatic carbocycles. The van der Waals surface area contributed by atoms with Crippen molar-refractivity contribution in [3.05, 3.63) is 29.8 Å². The second-order valence-electron chi connectivity index (χ2n) is 3.90. The first-order valence-electron chi connectivity index (χ1n) is 6.31. The van der Waals surface area contributed by atoms with Crippen molar-refractivity contribution in [2.45, 2.75) is 26.8 Å². The lowest BCUT2D eigenvalue weighted by Gasteiger charge is -2.14. The van der Waals surface area contributed by atoms with E-state index >= 15 is 0 Å². The fourth-order valence-corrected chi connectivity index (χ4v) is 2.15. The Hall–Kier alpha value is -0.670. The summed E-state index contributed by atoms with van der Waals surface area (Å²) in [5, 5.41) is 3.41. The van der Waals surface area contributed by atoms with Gasteiger partial charge in [-0.3, -0.25) is 0 Å². The molecule has 0 aromatic heterocycles. The van der Waals surface area contributed by atoms with E-state index in [0.717, 1.165) is 30.4 Å². The minimum Gasteiger partial charge on any atom is -0.493 e. The van der Waals surface area contributed by atoms with Gasteiger partial charge in [-0.1, -0.05) is 26.0 Å². The van der Waals surface area contributed by atoms with Crippen LogP contribution in [0.15, 0.2) is 24.3 Å². The minimum atomic E-state index is 0.383. The quantitative estimate of drug-likeness (QED) is 0.717. The van der Waals surface area contributed by atoms with Crippen LogP contribution in [0.3, 0.4) is 0 Å². The highest BCUT2D eigenvalue weighted by atomic mass is 32.2. The summed E-state index contributed by atoms with van der Waals surface area (Å²) in [5.41, 5.74) is 1.28. The highest BCUT2D eigenvalue weighted by Gasteiger charge is 2.04. The van der Waals surface area contributed by atoms with Crippen LogP contribution in [0.4, 0.5) is 0 Å². The average Bonchev–Trinajstić information content (AvgIpc) is 2.35. The molecule has 1 atom stereocenters. The maximum atomic E-state index is 5.73. The van der Waals surface area contributed by atoms with E-state index in [2.05, 4.69) is 44.3 Å². The van der Waals surface area contributed by atoms with Gasteiger partial charge in [-0.25, -0.2) is 0 Å². The Balaban J connectivity index is 2.47. The van der Waals surface area contributed by atoms with Crippen LogP contribution in [0.2, 0.25) is 0 Å². The summed E-state index contributed by atoms with van der Waals surface area (Å²) >= 11 is 1.91. The number of hydrogen-bond acceptors (Lipinski definition) is 3. The van der Waals surface area contributed by atoms with Crippen molar-refractivity contribution >= 4 is 11.8 Å². The van der Waals surface area contributed by atoms with Gasteiger partial charge < -0.3 is 10.1 Å². The zero-order valence-electron chi connectivity index (χ0n) is 11.0. The highest BCUT2D eigenvalue weighted by Crippen LogP contribution is 2.19. The molecule has 96 valence electrons. The Morgan fingerprint density at radius 1 is 1.35 bits per heavy atom. The summed E-state index contributed by atoms with van der Waals surface area (Å²) in [6.07, 6.45) is 0.